The minimum Gasteiger partial charge on any atom is -0.384 e. The van der Waals surface area contributed by atoms with Crippen molar-refractivity contribution in [1.82, 2.24) is 10.2 Å². The molecule has 0 saturated carbocycles. The van der Waals surface area contributed by atoms with Crippen LogP contribution in [0.1, 0.15) is 104 Å². The van der Waals surface area contributed by atoms with Gasteiger partial charge in [-0.25, -0.2) is 0 Å². The predicted molar refractivity (Wildman–Crippen MR) is 139 cm³/mol. The Labute approximate surface area is 214 Å². The van der Waals surface area contributed by atoms with Crippen LogP contribution < -0.4 is 16.4 Å². The van der Waals surface area contributed by atoms with E-state index in [-0.39, 0.29) is 31.2 Å². The number of piperidine rings is 1. The second-order valence-corrected chi connectivity index (χ2v) is 9.28. The first kappa shape index (κ1) is 28.8. The standard InChI is InChI=1S/C26H38N4O4.ClH/c27-17-10-8-6-4-2-1-3-5-7-9-11-18-28-20-14-12-13-19-23(20)26(34)30(25(19)33)21-15-16-22(31)29-24(21)32;/h12-14,21,28H,1-11,15-18,27H2,(H,29,31,32);1H. The average Bonchev–Trinajstić information content (AvgIpc) is 3.08. The monoisotopic (exact) mass is 506 g/mol. The molecule has 0 aromatic heterocycles. The molecule has 0 radical (unpaired) electrons. The summed E-state index contributed by atoms with van der Waals surface area (Å²) < 4.78 is 0. The van der Waals surface area contributed by atoms with Crippen molar-refractivity contribution < 1.29 is 19.2 Å². The van der Waals surface area contributed by atoms with E-state index in [1.807, 2.05) is 0 Å². The molecule has 1 saturated heterocycles. The number of nitrogens with zero attached hydrogens (tertiary/aromatic N) is 1. The third-order valence-corrected chi connectivity index (χ3v) is 6.66. The molecular weight excluding hydrogens is 468 g/mol. The lowest BCUT2D eigenvalue weighted by Gasteiger charge is -2.27. The van der Waals surface area contributed by atoms with Crippen molar-refractivity contribution in [2.45, 2.75) is 89.5 Å². The number of unbranched alkanes of at least 4 members (excludes halogenated alkanes) is 10. The zero-order valence-corrected chi connectivity index (χ0v) is 21.3. The highest BCUT2D eigenvalue weighted by atomic mass is 35.5. The minimum atomic E-state index is -0.941. The van der Waals surface area contributed by atoms with Crippen LogP contribution in [0.4, 0.5) is 5.69 Å². The van der Waals surface area contributed by atoms with Crippen LogP contribution >= 0.6 is 12.4 Å². The fourth-order valence-electron chi connectivity index (χ4n) is 4.75. The summed E-state index contributed by atoms with van der Waals surface area (Å²) in [6, 6.07) is 4.22. The van der Waals surface area contributed by atoms with E-state index in [2.05, 4.69) is 10.6 Å². The van der Waals surface area contributed by atoms with Crippen LogP contribution in [0.3, 0.4) is 0 Å². The summed E-state index contributed by atoms with van der Waals surface area (Å²) in [7, 11) is 0. The van der Waals surface area contributed by atoms with Gasteiger partial charge < -0.3 is 11.1 Å². The number of imide groups is 2. The summed E-state index contributed by atoms with van der Waals surface area (Å²) >= 11 is 0. The molecule has 9 heteroatoms. The summed E-state index contributed by atoms with van der Waals surface area (Å²) in [5.41, 5.74) is 6.77. The highest BCUT2D eigenvalue weighted by Gasteiger charge is 2.45. The number of nitrogens with one attached hydrogen (secondary N) is 2. The van der Waals surface area contributed by atoms with E-state index in [9.17, 15) is 19.2 Å². The smallest absolute Gasteiger partial charge is 0.264 e. The lowest BCUT2D eigenvalue weighted by atomic mass is 10.0. The first-order chi connectivity index (χ1) is 16.5. The van der Waals surface area contributed by atoms with Gasteiger partial charge in [0, 0.05) is 18.7 Å². The molecule has 0 bridgehead atoms. The number of hydrogen-bond donors (Lipinski definition) is 3. The van der Waals surface area contributed by atoms with Gasteiger partial charge in [0.1, 0.15) is 6.04 Å². The Bertz CT molecular complexity index is 892. The van der Waals surface area contributed by atoms with Crippen molar-refractivity contribution in [2.75, 3.05) is 18.4 Å². The van der Waals surface area contributed by atoms with Crippen LogP contribution in [-0.2, 0) is 9.59 Å². The molecule has 1 atom stereocenters. The Balaban J connectivity index is 0.00000432. The van der Waals surface area contributed by atoms with Crippen LogP contribution in [0, 0.1) is 0 Å². The van der Waals surface area contributed by atoms with Gasteiger partial charge >= 0.3 is 0 Å². The van der Waals surface area contributed by atoms with E-state index in [4.69, 9.17) is 5.73 Å². The van der Waals surface area contributed by atoms with Crippen molar-refractivity contribution in [3.05, 3.63) is 29.3 Å². The lowest BCUT2D eigenvalue weighted by molar-refractivity contribution is -0.136. The summed E-state index contributed by atoms with van der Waals surface area (Å²) in [4.78, 5) is 50.6. The third-order valence-electron chi connectivity index (χ3n) is 6.66. The van der Waals surface area contributed by atoms with Crippen molar-refractivity contribution in [1.29, 1.82) is 0 Å². The topological polar surface area (TPSA) is 122 Å². The van der Waals surface area contributed by atoms with Crippen molar-refractivity contribution >= 4 is 41.7 Å². The van der Waals surface area contributed by atoms with Crippen LogP contribution in [0.2, 0.25) is 0 Å². The van der Waals surface area contributed by atoms with Gasteiger partial charge in [-0.15, -0.1) is 12.4 Å². The Morgan fingerprint density at radius 2 is 1.46 bits per heavy atom. The first-order valence-corrected chi connectivity index (χ1v) is 12.8. The predicted octanol–water partition coefficient (Wildman–Crippen LogP) is 4.17. The van der Waals surface area contributed by atoms with E-state index in [0.717, 1.165) is 37.3 Å². The fraction of sp³-hybridized carbons (Fsp3) is 0.615. The summed E-state index contributed by atoms with van der Waals surface area (Å²) in [5.74, 6) is -1.91. The van der Waals surface area contributed by atoms with E-state index in [1.54, 1.807) is 18.2 Å². The number of nitrogens with two attached hydrogens (primary N) is 1. The van der Waals surface area contributed by atoms with Gasteiger partial charge in [0.25, 0.3) is 11.8 Å². The molecule has 0 aliphatic carbocycles. The van der Waals surface area contributed by atoms with Crippen molar-refractivity contribution in [3.8, 4) is 0 Å². The molecule has 2 aliphatic heterocycles. The van der Waals surface area contributed by atoms with Gasteiger partial charge in [-0.1, -0.05) is 63.9 Å². The largest absolute Gasteiger partial charge is 0.384 e. The van der Waals surface area contributed by atoms with Crippen LogP contribution in [0.5, 0.6) is 0 Å². The Kier molecular flexibility index (Phi) is 12.2. The summed E-state index contributed by atoms with van der Waals surface area (Å²) in [6.45, 7) is 1.52. The van der Waals surface area contributed by atoms with E-state index in [1.165, 1.54) is 51.4 Å². The molecule has 1 fully saturated rings. The molecule has 35 heavy (non-hydrogen) atoms. The number of amides is 4. The maximum atomic E-state index is 13.1. The molecular formula is C26H39ClN4O4. The zero-order chi connectivity index (χ0) is 24.3. The number of fused-ring (bicyclic) bond motifs is 1. The maximum Gasteiger partial charge on any atom is 0.264 e. The molecule has 4 amide bonds. The van der Waals surface area contributed by atoms with Crippen LogP contribution in [0.15, 0.2) is 18.2 Å². The van der Waals surface area contributed by atoms with Gasteiger partial charge in [0.05, 0.1) is 11.1 Å². The van der Waals surface area contributed by atoms with Crippen LogP contribution in [-0.4, -0.2) is 47.7 Å². The number of carbonyl (C=O) groups is 4. The van der Waals surface area contributed by atoms with Gasteiger partial charge in [-0.3, -0.25) is 29.4 Å². The van der Waals surface area contributed by atoms with E-state index < -0.39 is 23.8 Å². The molecule has 8 nitrogen and oxygen atoms in total. The van der Waals surface area contributed by atoms with Gasteiger partial charge in [0.15, 0.2) is 0 Å². The molecule has 1 aromatic carbocycles. The van der Waals surface area contributed by atoms with Crippen molar-refractivity contribution in [3.63, 3.8) is 0 Å². The number of hydrogen-bond acceptors (Lipinski definition) is 6. The first-order valence-electron chi connectivity index (χ1n) is 12.8. The molecule has 194 valence electrons. The molecule has 3 rings (SSSR count). The highest BCUT2D eigenvalue weighted by molar-refractivity contribution is 6.25. The molecule has 1 aromatic rings. The highest BCUT2D eigenvalue weighted by Crippen LogP contribution is 2.32. The molecule has 0 spiro atoms. The zero-order valence-electron chi connectivity index (χ0n) is 20.5. The molecule has 2 aliphatic rings. The summed E-state index contributed by atoms with van der Waals surface area (Å²) in [6.07, 6.45) is 13.7. The van der Waals surface area contributed by atoms with Crippen LogP contribution in [0.25, 0.3) is 0 Å². The summed E-state index contributed by atoms with van der Waals surface area (Å²) in [5, 5.41) is 5.53. The van der Waals surface area contributed by atoms with Crippen molar-refractivity contribution in [2.24, 2.45) is 5.73 Å². The number of halogens is 1. The normalized spacial score (nSPS) is 17.3. The Morgan fingerprint density at radius 3 is 2.06 bits per heavy atom. The maximum absolute atomic E-state index is 13.1. The number of anilines is 1. The SMILES string of the molecule is Cl.NCCCCCCCCCCCCCNc1cccc2c1C(=O)N(C1CCC(=O)NC1=O)C2=O. The number of carbonyl (C=O) groups excluding carboxylic acids is 4. The Hall–Kier alpha value is -2.45. The van der Waals surface area contributed by atoms with E-state index in [0.29, 0.717) is 16.8 Å². The number of benzene rings is 1. The molecule has 4 N–H and O–H groups in total. The molecule has 1 unspecified atom stereocenters. The quantitative estimate of drug-likeness (QED) is 0.242. The second-order valence-electron chi connectivity index (χ2n) is 9.28. The minimum absolute atomic E-state index is 0. The number of rotatable bonds is 15. The lowest BCUT2D eigenvalue weighted by Crippen LogP contribution is -2.54. The average molecular weight is 507 g/mol. The molecule has 2 heterocycles. The van der Waals surface area contributed by atoms with Gasteiger partial charge in [-0.2, -0.15) is 0 Å². The van der Waals surface area contributed by atoms with Gasteiger partial charge in [-0.05, 0) is 37.9 Å². The van der Waals surface area contributed by atoms with E-state index >= 15 is 0 Å². The fourth-order valence-corrected chi connectivity index (χ4v) is 4.75. The second kappa shape index (κ2) is 14.8. The van der Waals surface area contributed by atoms with Gasteiger partial charge in [0.2, 0.25) is 11.8 Å². The third kappa shape index (κ3) is 7.77. The Morgan fingerprint density at radius 1 is 0.857 bits per heavy atom.